The quantitative estimate of drug-likeness (QED) is 0.346. The summed E-state index contributed by atoms with van der Waals surface area (Å²) >= 11 is 0. The molecule has 2 fully saturated rings. The normalized spacial score (nSPS) is 20.3. The van der Waals surface area contributed by atoms with E-state index in [1.807, 2.05) is 11.9 Å². The fourth-order valence-corrected chi connectivity index (χ4v) is 3.53. The average Bonchev–Trinajstić information content (AvgIpc) is 3.18. The number of guanidine groups is 1. The van der Waals surface area contributed by atoms with Gasteiger partial charge in [0.05, 0.1) is 6.04 Å². The van der Waals surface area contributed by atoms with Crippen LogP contribution in [0.3, 0.4) is 0 Å². The Kier molecular flexibility index (Phi) is 10.8. The van der Waals surface area contributed by atoms with Crippen LogP contribution in [-0.4, -0.2) is 111 Å². The first-order chi connectivity index (χ1) is 12.1. The molecule has 0 aromatic carbocycles. The number of amides is 1. The molecule has 0 spiro atoms. The van der Waals surface area contributed by atoms with Crippen molar-refractivity contribution >= 4 is 35.8 Å². The van der Waals surface area contributed by atoms with Gasteiger partial charge in [0.1, 0.15) is 0 Å². The maximum atomic E-state index is 12.6. The van der Waals surface area contributed by atoms with E-state index in [2.05, 4.69) is 45.9 Å². The molecule has 2 saturated heterocycles. The molecule has 0 bridgehead atoms. The molecule has 1 unspecified atom stereocenters. The van der Waals surface area contributed by atoms with Crippen molar-refractivity contribution in [3.63, 3.8) is 0 Å². The minimum Gasteiger partial charge on any atom is -0.355 e. The van der Waals surface area contributed by atoms with Crippen LogP contribution < -0.4 is 5.32 Å². The second kappa shape index (κ2) is 12.0. The number of rotatable bonds is 6. The minimum atomic E-state index is -0.00608. The van der Waals surface area contributed by atoms with Gasteiger partial charge in [0, 0.05) is 59.4 Å². The molecule has 1 amide bonds. The summed E-state index contributed by atoms with van der Waals surface area (Å²) in [5.41, 5.74) is 0. The molecule has 26 heavy (non-hydrogen) atoms. The lowest BCUT2D eigenvalue weighted by Crippen LogP contribution is -2.57. The van der Waals surface area contributed by atoms with Crippen LogP contribution in [0.4, 0.5) is 0 Å². The molecule has 8 heteroatoms. The monoisotopic (exact) mass is 480 g/mol. The summed E-state index contributed by atoms with van der Waals surface area (Å²) in [6, 6.07) is -0.00608. The first kappa shape index (κ1) is 23.4. The van der Waals surface area contributed by atoms with Gasteiger partial charge < -0.3 is 20.0 Å². The van der Waals surface area contributed by atoms with Crippen molar-refractivity contribution in [3.8, 4) is 0 Å². The third-order valence-electron chi connectivity index (χ3n) is 5.46. The Morgan fingerprint density at radius 1 is 1.12 bits per heavy atom. The summed E-state index contributed by atoms with van der Waals surface area (Å²) in [7, 11) is 3.97. The molecule has 0 radical (unpaired) electrons. The van der Waals surface area contributed by atoms with Crippen molar-refractivity contribution in [1.29, 1.82) is 0 Å². The fourth-order valence-electron chi connectivity index (χ4n) is 3.53. The first-order valence-corrected chi connectivity index (χ1v) is 9.73. The number of nitrogens with zero attached hydrogens (tertiary/aromatic N) is 5. The number of nitrogens with one attached hydrogen (secondary N) is 1. The second-order valence-corrected chi connectivity index (χ2v) is 7.10. The summed E-state index contributed by atoms with van der Waals surface area (Å²) < 4.78 is 0. The van der Waals surface area contributed by atoms with Crippen LogP contribution in [0.2, 0.25) is 0 Å². The third-order valence-corrected chi connectivity index (χ3v) is 5.46. The van der Waals surface area contributed by atoms with Gasteiger partial charge in [-0.3, -0.25) is 14.7 Å². The predicted octanol–water partition coefficient (Wildman–Crippen LogP) is 0.760. The number of likely N-dealkylation sites (tertiary alicyclic amines) is 1. The van der Waals surface area contributed by atoms with Crippen molar-refractivity contribution in [1.82, 2.24) is 24.9 Å². The standard InChI is InChI=1S/C18H36N6O.HI/c1-5-21(4)11-8-20-18(19-3)24-14-12-22(13-15-24)16(2)17(25)23-9-6-7-10-23;/h16H,5-15H2,1-4H3,(H,19,20);1H. The van der Waals surface area contributed by atoms with Crippen LogP contribution in [0.15, 0.2) is 4.99 Å². The molecule has 2 aliphatic rings. The summed E-state index contributed by atoms with van der Waals surface area (Å²) in [5.74, 6) is 1.28. The fraction of sp³-hybridized carbons (Fsp3) is 0.889. The summed E-state index contributed by atoms with van der Waals surface area (Å²) in [4.78, 5) is 25.9. The smallest absolute Gasteiger partial charge is 0.239 e. The van der Waals surface area contributed by atoms with Crippen LogP contribution in [0, 0.1) is 0 Å². The number of hydrogen-bond acceptors (Lipinski definition) is 4. The molecular weight excluding hydrogens is 443 g/mol. The predicted molar refractivity (Wildman–Crippen MR) is 118 cm³/mol. The van der Waals surface area contributed by atoms with Gasteiger partial charge in [-0.05, 0) is 33.4 Å². The number of piperazine rings is 1. The van der Waals surface area contributed by atoms with E-state index >= 15 is 0 Å². The van der Waals surface area contributed by atoms with E-state index in [0.29, 0.717) is 5.91 Å². The Morgan fingerprint density at radius 3 is 2.27 bits per heavy atom. The number of aliphatic imine (C=N–C) groups is 1. The van der Waals surface area contributed by atoms with E-state index in [4.69, 9.17) is 0 Å². The van der Waals surface area contributed by atoms with Gasteiger partial charge in [-0.1, -0.05) is 6.92 Å². The number of hydrogen-bond donors (Lipinski definition) is 1. The lowest BCUT2D eigenvalue weighted by molar-refractivity contribution is -0.135. The van der Waals surface area contributed by atoms with E-state index in [-0.39, 0.29) is 30.0 Å². The zero-order valence-electron chi connectivity index (χ0n) is 16.9. The molecule has 1 N–H and O–H groups in total. The maximum Gasteiger partial charge on any atom is 0.239 e. The van der Waals surface area contributed by atoms with Crippen molar-refractivity contribution in [2.75, 3.05) is 73.0 Å². The molecule has 7 nitrogen and oxygen atoms in total. The Bertz CT molecular complexity index is 447. The molecule has 0 aromatic heterocycles. The van der Waals surface area contributed by atoms with E-state index < -0.39 is 0 Å². The zero-order valence-corrected chi connectivity index (χ0v) is 19.2. The molecule has 0 aromatic rings. The first-order valence-electron chi connectivity index (χ1n) is 9.73. The van der Waals surface area contributed by atoms with Crippen LogP contribution in [0.5, 0.6) is 0 Å². The molecule has 0 saturated carbocycles. The molecule has 152 valence electrons. The van der Waals surface area contributed by atoms with Crippen LogP contribution in [-0.2, 0) is 4.79 Å². The van der Waals surface area contributed by atoms with Crippen LogP contribution in [0.25, 0.3) is 0 Å². The van der Waals surface area contributed by atoms with Gasteiger partial charge >= 0.3 is 0 Å². The molecule has 2 heterocycles. The van der Waals surface area contributed by atoms with Crippen molar-refractivity contribution < 1.29 is 4.79 Å². The van der Waals surface area contributed by atoms with E-state index in [9.17, 15) is 4.79 Å². The third kappa shape index (κ3) is 6.53. The minimum absolute atomic E-state index is 0. The zero-order chi connectivity index (χ0) is 18.2. The highest BCUT2D eigenvalue weighted by atomic mass is 127. The number of carbonyl (C=O) groups excluding carboxylic acids is 1. The molecule has 1 atom stereocenters. The second-order valence-electron chi connectivity index (χ2n) is 7.10. The molecular formula is C18H37IN6O. The van der Waals surface area contributed by atoms with Crippen LogP contribution in [0.1, 0.15) is 26.7 Å². The van der Waals surface area contributed by atoms with Crippen molar-refractivity contribution in [2.45, 2.75) is 32.7 Å². The van der Waals surface area contributed by atoms with Gasteiger partial charge in [0.2, 0.25) is 5.91 Å². The highest BCUT2D eigenvalue weighted by Gasteiger charge is 2.30. The molecule has 2 rings (SSSR count). The summed E-state index contributed by atoms with van der Waals surface area (Å²) in [5, 5.41) is 3.46. The Morgan fingerprint density at radius 2 is 1.73 bits per heavy atom. The largest absolute Gasteiger partial charge is 0.355 e. The molecule has 2 aliphatic heterocycles. The van der Waals surface area contributed by atoms with Gasteiger partial charge in [-0.25, -0.2) is 0 Å². The number of carbonyl (C=O) groups is 1. The van der Waals surface area contributed by atoms with Gasteiger partial charge in [-0.15, -0.1) is 24.0 Å². The van der Waals surface area contributed by atoms with E-state index in [0.717, 1.165) is 77.7 Å². The topological polar surface area (TPSA) is 54.4 Å². The van der Waals surface area contributed by atoms with E-state index in [1.54, 1.807) is 0 Å². The Hall–Kier alpha value is -0.610. The molecule has 0 aliphatic carbocycles. The SMILES string of the molecule is CCN(C)CCNC(=NC)N1CCN(C(C)C(=O)N2CCCC2)CC1.I. The Labute approximate surface area is 176 Å². The van der Waals surface area contributed by atoms with Gasteiger partial charge in [0.25, 0.3) is 0 Å². The van der Waals surface area contributed by atoms with Crippen molar-refractivity contribution in [3.05, 3.63) is 0 Å². The van der Waals surface area contributed by atoms with Gasteiger partial charge in [-0.2, -0.15) is 0 Å². The van der Waals surface area contributed by atoms with E-state index in [1.165, 1.54) is 0 Å². The summed E-state index contributed by atoms with van der Waals surface area (Å²) in [6.45, 7) is 12.7. The Balaban J connectivity index is 0.00000338. The lowest BCUT2D eigenvalue weighted by Gasteiger charge is -2.39. The summed E-state index contributed by atoms with van der Waals surface area (Å²) in [6.07, 6.45) is 2.31. The highest BCUT2D eigenvalue weighted by molar-refractivity contribution is 14.0. The number of likely N-dealkylation sites (N-methyl/N-ethyl adjacent to an activating group) is 1. The lowest BCUT2D eigenvalue weighted by atomic mass is 10.2. The average molecular weight is 480 g/mol. The highest BCUT2D eigenvalue weighted by Crippen LogP contribution is 2.14. The van der Waals surface area contributed by atoms with Crippen molar-refractivity contribution in [2.24, 2.45) is 4.99 Å². The maximum absolute atomic E-state index is 12.6. The number of halogens is 1. The van der Waals surface area contributed by atoms with Gasteiger partial charge in [0.15, 0.2) is 5.96 Å². The van der Waals surface area contributed by atoms with Crippen LogP contribution >= 0.6 is 24.0 Å².